The van der Waals surface area contributed by atoms with Crippen LogP contribution in [0.4, 0.5) is 0 Å². The molecule has 0 aliphatic heterocycles. The first-order chi connectivity index (χ1) is 14.6. The van der Waals surface area contributed by atoms with E-state index in [1.807, 2.05) is 48.5 Å². The van der Waals surface area contributed by atoms with Gasteiger partial charge in [0.2, 0.25) is 0 Å². The van der Waals surface area contributed by atoms with Gasteiger partial charge in [-0.05, 0) is 70.1 Å². The van der Waals surface area contributed by atoms with Crippen LogP contribution in [0.5, 0.6) is 23.0 Å². The molecule has 0 unspecified atom stereocenters. The van der Waals surface area contributed by atoms with Crippen molar-refractivity contribution < 1.29 is 29.2 Å². The minimum atomic E-state index is 0.0792. The van der Waals surface area contributed by atoms with Gasteiger partial charge in [-0.15, -0.1) is 0 Å². The van der Waals surface area contributed by atoms with Crippen molar-refractivity contribution in [3.8, 4) is 34.1 Å². The Balaban J connectivity index is 1.90. The number of aromatic hydroxyl groups is 2. The number of hydrogen-bond acceptors (Lipinski definition) is 6. The fraction of sp³-hybridized carbons (Fsp3) is 0.167. The third-order valence-corrected chi connectivity index (χ3v) is 4.88. The molecular formula is C24H22O6. The van der Waals surface area contributed by atoms with Gasteiger partial charge in [-0.1, -0.05) is 12.1 Å². The highest BCUT2D eigenvalue weighted by molar-refractivity contribution is 6.10. The van der Waals surface area contributed by atoms with Crippen molar-refractivity contribution in [1.82, 2.24) is 0 Å². The SMILES string of the molecule is COCOc1ccc2c(-c3c(O)ccc4cc(OCOC)ccc34)c(O)ccc2c1. The number of hydrogen-bond donors (Lipinski definition) is 2. The lowest BCUT2D eigenvalue weighted by Gasteiger charge is -2.15. The number of fused-ring (bicyclic) bond motifs is 2. The van der Waals surface area contributed by atoms with Crippen LogP contribution < -0.4 is 9.47 Å². The van der Waals surface area contributed by atoms with Gasteiger partial charge in [-0.3, -0.25) is 0 Å². The van der Waals surface area contributed by atoms with Crippen molar-refractivity contribution in [3.63, 3.8) is 0 Å². The van der Waals surface area contributed by atoms with Crippen molar-refractivity contribution in [3.05, 3.63) is 60.7 Å². The van der Waals surface area contributed by atoms with Crippen LogP contribution in [-0.2, 0) is 9.47 Å². The molecule has 6 heteroatoms. The average molecular weight is 406 g/mol. The molecule has 0 atom stereocenters. The molecule has 4 aromatic carbocycles. The summed E-state index contributed by atoms with van der Waals surface area (Å²) in [5.41, 5.74) is 1.11. The summed E-state index contributed by atoms with van der Waals surface area (Å²) >= 11 is 0. The quantitative estimate of drug-likeness (QED) is 0.419. The highest BCUT2D eigenvalue weighted by Crippen LogP contribution is 2.45. The van der Waals surface area contributed by atoms with Crippen LogP contribution in [0.1, 0.15) is 0 Å². The minimum Gasteiger partial charge on any atom is -0.507 e. The smallest absolute Gasteiger partial charge is 0.188 e. The van der Waals surface area contributed by atoms with Crippen LogP contribution in [0, 0.1) is 0 Å². The maximum Gasteiger partial charge on any atom is 0.188 e. The van der Waals surface area contributed by atoms with Crippen molar-refractivity contribution >= 4 is 21.5 Å². The molecule has 4 rings (SSSR count). The second-order valence-corrected chi connectivity index (χ2v) is 6.79. The molecule has 4 aromatic rings. The number of methoxy groups -OCH3 is 2. The van der Waals surface area contributed by atoms with Gasteiger partial charge in [0.15, 0.2) is 13.6 Å². The van der Waals surface area contributed by atoms with Crippen LogP contribution in [-0.4, -0.2) is 38.0 Å². The molecule has 0 aromatic heterocycles. The molecule has 2 N–H and O–H groups in total. The van der Waals surface area contributed by atoms with Crippen molar-refractivity contribution in [2.45, 2.75) is 0 Å². The lowest BCUT2D eigenvalue weighted by Crippen LogP contribution is -1.99. The molecule has 0 amide bonds. The highest BCUT2D eigenvalue weighted by Gasteiger charge is 2.17. The summed E-state index contributed by atoms with van der Waals surface area (Å²) in [6.45, 7) is 0.294. The topological polar surface area (TPSA) is 77.4 Å². The van der Waals surface area contributed by atoms with Gasteiger partial charge in [0.25, 0.3) is 0 Å². The Labute approximate surface area is 173 Å². The first-order valence-electron chi connectivity index (χ1n) is 9.37. The van der Waals surface area contributed by atoms with Crippen molar-refractivity contribution in [1.29, 1.82) is 0 Å². The van der Waals surface area contributed by atoms with Crippen LogP contribution in [0.25, 0.3) is 32.7 Å². The predicted molar refractivity (Wildman–Crippen MR) is 115 cm³/mol. The molecule has 0 radical (unpaired) electrons. The van der Waals surface area contributed by atoms with Gasteiger partial charge in [0, 0.05) is 25.3 Å². The van der Waals surface area contributed by atoms with Gasteiger partial charge in [0.1, 0.15) is 23.0 Å². The maximum atomic E-state index is 10.7. The Kier molecular flexibility index (Phi) is 5.61. The third-order valence-electron chi connectivity index (χ3n) is 4.88. The van der Waals surface area contributed by atoms with Crippen LogP contribution >= 0.6 is 0 Å². The van der Waals surface area contributed by atoms with Gasteiger partial charge >= 0.3 is 0 Å². The molecule has 30 heavy (non-hydrogen) atoms. The van der Waals surface area contributed by atoms with Gasteiger partial charge in [0.05, 0.1) is 0 Å². The summed E-state index contributed by atoms with van der Waals surface area (Å²) in [5, 5.41) is 24.8. The molecule has 0 aliphatic rings. The lowest BCUT2D eigenvalue weighted by molar-refractivity contribution is 0.0510. The Morgan fingerprint density at radius 3 is 1.43 bits per heavy atom. The largest absolute Gasteiger partial charge is 0.507 e. The summed E-state index contributed by atoms with van der Waals surface area (Å²) < 4.78 is 20.9. The van der Waals surface area contributed by atoms with E-state index in [-0.39, 0.29) is 25.1 Å². The van der Waals surface area contributed by atoms with Crippen molar-refractivity contribution in [2.75, 3.05) is 27.8 Å². The number of ether oxygens (including phenoxy) is 4. The molecule has 0 spiro atoms. The molecule has 0 saturated heterocycles. The monoisotopic (exact) mass is 406 g/mol. The Bertz CT molecular complexity index is 1110. The van der Waals surface area contributed by atoms with E-state index in [0.29, 0.717) is 22.6 Å². The molecule has 0 aliphatic carbocycles. The van der Waals surface area contributed by atoms with Gasteiger partial charge in [-0.2, -0.15) is 0 Å². The molecule has 154 valence electrons. The number of phenols is 2. The zero-order valence-corrected chi connectivity index (χ0v) is 16.7. The Morgan fingerprint density at radius 2 is 1.03 bits per heavy atom. The highest BCUT2D eigenvalue weighted by atomic mass is 16.7. The summed E-state index contributed by atoms with van der Waals surface area (Å²) in [7, 11) is 3.12. The van der Waals surface area contributed by atoms with E-state index in [1.165, 1.54) is 0 Å². The first kappa shape index (κ1) is 19.8. The second-order valence-electron chi connectivity index (χ2n) is 6.79. The van der Waals surface area contributed by atoms with E-state index in [1.54, 1.807) is 26.4 Å². The van der Waals surface area contributed by atoms with Gasteiger partial charge < -0.3 is 29.2 Å². The molecular weight excluding hydrogens is 384 g/mol. The first-order valence-corrected chi connectivity index (χ1v) is 9.37. The average Bonchev–Trinajstić information content (AvgIpc) is 2.77. The number of rotatable bonds is 7. The molecule has 0 bridgehead atoms. The standard InChI is InChI=1S/C24H22O6/c1-27-13-29-17-5-7-19-15(11-17)3-9-21(25)23(19)24-20-8-6-18(30-14-28-2)12-16(20)4-10-22(24)26/h3-12,25-26H,13-14H2,1-2H3. The number of benzene rings is 4. The predicted octanol–water partition coefficient (Wildman–Crippen LogP) is 5.04. The normalized spacial score (nSPS) is 11.1. The van der Waals surface area contributed by atoms with E-state index >= 15 is 0 Å². The molecule has 0 saturated carbocycles. The Hall–Kier alpha value is -3.48. The van der Waals surface area contributed by atoms with E-state index in [4.69, 9.17) is 18.9 Å². The maximum absolute atomic E-state index is 10.7. The molecule has 0 fully saturated rings. The lowest BCUT2D eigenvalue weighted by atomic mass is 9.92. The summed E-state index contributed by atoms with van der Waals surface area (Å²) in [4.78, 5) is 0. The van der Waals surface area contributed by atoms with Gasteiger partial charge in [-0.25, -0.2) is 0 Å². The number of phenolic OH excluding ortho intramolecular Hbond substituents is 2. The van der Waals surface area contributed by atoms with E-state index in [0.717, 1.165) is 21.5 Å². The summed E-state index contributed by atoms with van der Waals surface area (Å²) in [6, 6.07) is 17.9. The molecule has 6 nitrogen and oxygen atoms in total. The fourth-order valence-corrected chi connectivity index (χ4v) is 3.55. The minimum absolute atomic E-state index is 0.0792. The third kappa shape index (κ3) is 3.70. The zero-order chi connectivity index (χ0) is 21.1. The van der Waals surface area contributed by atoms with E-state index in [2.05, 4.69) is 0 Å². The van der Waals surface area contributed by atoms with Crippen molar-refractivity contribution in [2.24, 2.45) is 0 Å². The zero-order valence-electron chi connectivity index (χ0n) is 16.7. The van der Waals surface area contributed by atoms with Crippen LogP contribution in [0.3, 0.4) is 0 Å². The van der Waals surface area contributed by atoms with E-state index in [9.17, 15) is 10.2 Å². The summed E-state index contributed by atoms with van der Waals surface area (Å²) in [6.07, 6.45) is 0. The van der Waals surface area contributed by atoms with E-state index < -0.39 is 0 Å². The Morgan fingerprint density at radius 1 is 0.600 bits per heavy atom. The molecule has 0 heterocycles. The van der Waals surface area contributed by atoms with Crippen LogP contribution in [0.2, 0.25) is 0 Å². The summed E-state index contributed by atoms with van der Waals surface area (Å²) in [5.74, 6) is 1.47. The fourth-order valence-electron chi connectivity index (χ4n) is 3.55. The van der Waals surface area contributed by atoms with Crippen LogP contribution in [0.15, 0.2) is 60.7 Å². The second kappa shape index (κ2) is 8.49.